The van der Waals surface area contributed by atoms with E-state index in [9.17, 15) is 9.59 Å². The first-order valence-electron chi connectivity index (χ1n) is 28.0. The van der Waals surface area contributed by atoms with Gasteiger partial charge in [0.05, 0.1) is 0 Å². The lowest BCUT2D eigenvalue weighted by Gasteiger charge is -2.11. The minimum Gasteiger partial charge on any atom is -0.362 e. The van der Waals surface area contributed by atoms with Crippen molar-refractivity contribution in [2.45, 2.75) is 127 Å². The van der Waals surface area contributed by atoms with Crippen molar-refractivity contribution in [1.82, 2.24) is 46.5 Å². The molecule has 0 saturated carbocycles. The molecule has 0 aliphatic carbocycles. The number of hydrogen-bond acceptors (Lipinski definition) is 15. The number of rotatable bonds is 32. The smallest absolute Gasteiger partial charge is 0.315 e. The van der Waals surface area contributed by atoms with E-state index in [4.69, 9.17) is 12.2 Å². The Morgan fingerprint density at radius 1 is 0.415 bits per heavy atom. The molecule has 0 saturated heterocycles. The van der Waals surface area contributed by atoms with Crippen molar-refractivity contribution in [3.05, 3.63) is 168 Å². The number of thiocarbonyl (C=S) groups is 1. The molecule has 2 aromatic carbocycles. The van der Waals surface area contributed by atoms with Gasteiger partial charge in [-0.2, -0.15) is 0 Å². The lowest BCUT2D eigenvalue weighted by molar-refractivity contribution is -0.121. The van der Waals surface area contributed by atoms with Crippen molar-refractivity contribution in [2.24, 2.45) is 23.7 Å². The highest BCUT2D eigenvalue weighted by atomic mass is 33.1. The molecule has 446 valence electrons. The van der Waals surface area contributed by atoms with Crippen LogP contribution in [0.4, 0.5) is 4.79 Å². The van der Waals surface area contributed by atoms with Crippen molar-refractivity contribution >= 4 is 116 Å². The van der Waals surface area contributed by atoms with E-state index >= 15 is 0 Å². The molecule has 11 nitrogen and oxygen atoms in total. The molecule has 6 aromatic rings. The number of carbonyl (C=O) groups is 2. The van der Waals surface area contributed by atoms with Gasteiger partial charge in [-0.15, -0.1) is 0 Å². The lowest BCUT2D eigenvalue weighted by atomic mass is 10.0. The third-order valence-corrected chi connectivity index (χ3v) is 20.2. The minimum atomic E-state index is -0.130. The highest BCUT2D eigenvalue weighted by molar-refractivity contribution is 8.77. The fourth-order valence-electron chi connectivity index (χ4n) is 6.70. The molecular weight excluding hydrogens is 1190 g/mol. The number of nitrogens with one attached hydrogen (secondary N) is 5. The average molecular weight is 1280 g/mol. The molecule has 5 N–H and O–H groups in total. The van der Waals surface area contributed by atoms with Crippen LogP contribution in [0.2, 0.25) is 0 Å². The Balaban J connectivity index is 0.000000294. The fourth-order valence-corrected chi connectivity index (χ4v) is 14.4. The van der Waals surface area contributed by atoms with Gasteiger partial charge in [0.25, 0.3) is 0 Å². The minimum absolute atomic E-state index is 0.130. The van der Waals surface area contributed by atoms with Crippen molar-refractivity contribution in [2.75, 3.05) is 42.6 Å². The van der Waals surface area contributed by atoms with E-state index in [0.29, 0.717) is 42.4 Å². The van der Waals surface area contributed by atoms with E-state index in [2.05, 4.69) is 150 Å². The summed E-state index contributed by atoms with van der Waals surface area (Å²) in [6.07, 6.45) is 13.5. The summed E-state index contributed by atoms with van der Waals surface area (Å²) in [6, 6.07) is 40.8. The largest absolute Gasteiger partial charge is 0.362 e. The third kappa shape index (κ3) is 40.5. The maximum Gasteiger partial charge on any atom is 0.315 e. The van der Waals surface area contributed by atoms with Gasteiger partial charge < -0.3 is 26.6 Å². The molecule has 4 heterocycles. The van der Waals surface area contributed by atoms with Crippen LogP contribution in [0.25, 0.3) is 0 Å². The normalized spacial score (nSPS) is 10.7. The highest BCUT2D eigenvalue weighted by Crippen LogP contribution is 2.31. The number of urea groups is 1. The van der Waals surface area contributed by atoms with Crippen LogP contribution in [-0.2, 0) is 30.7 Å². The Kier molecular flexibility index (Phi) is 42.0. The molecule has 0 unspecified atom stereocenters. The van der Waals surface area contributed by atoms with Gasteiger partial charge >= 0.3 is 6.03 Å². The second-order valence-electron chi connectivity index (χ2n) is 20.2. The van der Waals surface area contributed by atoms with Gasteiger partial charge in [0.15, 0.2) is 5.11 Å². The Bertz CT molecular complexity index is 2410. The van der Waals surface area contributed by atoms with Gasteiger partial charge in [-0.05, 0) is 176 Å². The topological polar surface area (TPSA) is 146 Å². The highest BCUT2D eigenvalue weighted by Gasteiger charge is 2.06. The Labute approximate surface area is 529 Å². The fraction of sp³-hybridized carbons (Fsp3) is 0.435. The number of benzene rings is 2. The SMILES string of the molecule is CC(C)CCCC(=O)NCCSSc1ccccn1.CC(C)CCSSc1ccccn1.CC(C)Cc1ccc(CNC(=O)NCCSSc2ccccn2)cc1.CC(C)Cc1ccc(CNC(=S)NCCSSc2ccccn2)cc1. The maximum atomic E-state index is 11.8. The molecule has 0 aliphatic rings. The molecule has 0 fully saturated rings. The molecule has 6 rings (SSSR count). The monoisotopic (exact) mass is 1280 g/mol. The van der Waals surface area contributed by atoms with E-state index < -0.39 is 0 Å². The van der Waals surface area contributed by atoms with E-state index in [-0.39, 0.29) is 11.9 Å². The maximum absolute atomic E-state index is 11.8. The molecule has 0 aliphatic heterocycles. The molecule has 3 amide bonds. The summed E-state index contributed by atoms with van der Waals surface area (Å²) in [4.78, 5) is 40.3. The summed E-state index contributed by atoms with van der Waals surface area (Å²) in [7, 11) is 13.8. The number of nitrogens with zero attached hydrogens (tertiary/aromatic N) is 4. The van der Waals surface area contributed by atoms with Crippen LogP contribution < -0.4 is 26.6 Å². The quantitative estimate of drug-likeness (QED) is 0.0155. The van der Waals surface area contributed by atoms with Crippen LogP contribution in [0.15, 0.2) is 166 Å². The molecule has 0 atom stereocenters. The Hall–Kier alpha value is -3.73. The molecule has 82 heavy (non-hydrogen) atoms. The van der Waals surface area contributed by atoms with Crippen LogP contribution in [0.5, 0.6) is 0 Å². The second kappa shape index (κ2) is 47.5. The van der Waals surface area contributed by atoms with Crippen molar-refractivity contribution in [1.29, 1.82) is 0 Å². The van der Waals surface area contributed by atoms with Crippen LogP contribution in [-0.4, -0.2) is 79.6 Å². The van der Waals surface area contributed by atoms with Crippen molar-refractivity contribution in [3.8, 4) is 0 Å². The Morgan fingerprint density at radius 3 is 1.16 bits per heavy atom. The lowest BCUT2D eigenvalue weighted by Crippen LogP contribution is -2.36. The van der Waals surface area contributed by atoms with Crippen molar-refractivity contribution < 1.29 is 9.59 Å². The van der Waals surface area contributed by atoms with Gasteiger partial charge in [-0.25, -0.2) is 24.7 Å². The molecule has 0 spiro atoms. The molecular formula is C62H87N9O2S9. The number of amides is 3. The van der Waals surface area contributed by atoms with Crippen LogP contribution >= 0.6 is 98.6 Å². The van der Waals surface area contributed by atoms with E-state index in [1.165, 1.54) is 28.9 Å². The first-order valence-corrected chi connectivity index (χ1v) is 37.7. The standard InChI is InChI=1S/C19H25N3OS2.C19H25N3S3.C14H22N2OS2.C10H15NS2/c2*1-15(2)13-16-6-8-17(9-7-16)14-22-19(23)21-11-12-24-25-18-5-3-4-10-20-18;1-12(2)6-5-7-13(17)15-10-11-18-19-14-8-3-4-9-16-14;1-9(2)6-8-12-13-10-5-3-4-7-11-10/h2*3-10,15H,11-14H2,1-2H3,(H2,21,22,23);3-4,8-9,12H,5-7,10-11H2,1-2H3,(H,15,17);3-5,7,9H,6,8H2,1-2H3. The molecule has 0 radical (unpaired) electrons. The number of aromatic nitrogens is 4. The summed E-state index contributed by atoms with van der Waals surface area (Å²) < 4.78 is 0. The predicted octanol–water partition coefficient (Wildman–Crippen LogP) is 16.8. The summed E-state index contributed by atoms with van der Waals surface area (Å²) in [6.45, 7) is 21.3. The zero-order valence-electron chi connectivity index (χ0n) is 49.1. The molecule has 4 aromatic heterocycles. The van der Waals surface area contributed by atoms with E-state index in [0.717, 1.165) is 94.2 Å². The first-order chi connectivity index (χ1) is 39.7. The van der Waals surface area contributed by atoms with Gasteiger partial charge in [0, 0.05) is 86.9 Å². The summed E-state index contributed by atoms with van der Waals surface area (Å²) in [5, 5.41) is 20.1. The van der Waals surface area contributed by atoms with Gasteiger partial charge in [-0.3, -0.25) is 4.79 Å². The summed E-state index contributed by atoms with van der Waals surface area (Å²) in [5.41, 5.74) is 5.09. The zero-order valence-corrected chi connectivity index (χ0v) is 56.4. The van der Waals surface area contributed by atoms with E-state index in [1.54, 1.807) is 88.0 Å². The average Bonchev–Trinajstić information content (AvgIpc) is 3.48. The third-order valence-electron chi connectivity index (χ3n) is 10.8. The number of carbonyl (C=O) groups excluding carboxylic acids is 2. The Morgan fingerprint density at radius 2 is 0.780 bits per heavy atom. The van der Waals surface area contributed by atoms with Gasteiger partial charge in [0.1, 0.15) is 20.1 Å². The van der Waals surface area contributed by atoms with Crippen molar-refractivity contribution in [3.63, 3.8) is 0 Å². The molecule has 20 heteroatoms. The van der Waals surface area contributed by atoms with Crippen LogP contribution in [0.3, 0.4) is 0 Å². The van der Waals surface area contributed by atoms with Gasteiger partial charge in [-0.1, -0.05) is 178 Å². The van der Waals surface area contributed by atoms with Gasteiger partial charge in [0.2, 0.25) is 5.91 Å². The first kappa shape index (κ1) is 72.5. The second-order valence-corrected chi connectivity index (χ2v) is 30.3. The summed E-state index contributed by atoms with van der Waals surface area (Å²) >= 11 is 5.33. The number of pyridine rings is 4. The predicted molar refractivity (Wildman–Crippen MR) is 369 cm³/mol. The zero-order chi connectivity index (χ0) is 59.3. The van der Waals surface area contributed by atoms with Crippen LogP contribution in [0, 0.1) is 23.7 Å². The van der Waals surface area contributed by atoms with Crippen LogP contribution in [0.1, 0.15) is 103 Å². The number of hydrogen-bond donors (Lipinski definition) is 5. The summed E-state index contributed by atoms with van der Waals surface area (Å²) in [5.74, 6) is 6.90. The van der Waals surface area contributed by atoms with E-state index in [1.807, 2.05) is 96.0 Å². The molecule has 0 bridgehead atoms.